The molecule has 4 heterocycles. The summed E-state index contributed by atoms with van der Waals surface area (Å²) >= 11 is 7.78. The minimum absolute atomic E-state index is 0.119. The molecular weight excluding hydrogens is 434 g/mol. The van der Waals surface area contributed by atoms with Gasteiger partial charge in [0.2, 0.25) is 5.28 Å². The number of thiazole rings is 1. The average molecular weight is 458 g/mol. The van der Waals surface area contributed by atoms with Crippen LogP contribution in [0.4, 0.5) is 11.5 Å². The first-order valence-corrected chi connectivity index (χ1v) is 12.0. The number of fused-ring (bicyclic) bond motifs is 1. The Balaban J connectivity index is 1.38. The summed E-state index contributed by atoms with van der Waals surface area (Å²) in [5.74, 6) is 1.25. The highest BCUT2D eigenvalue weighted by Gasteiger charge is 2.26. The summed E-state index contributed by atoms with van der Waals surface area (Å²) in [5, 5.41) is 3.07. The van der Waals surface area contributed by atoms with Crippen LogP contribution in [-0.2, 0) is 4.74 Å². The number of carbonyl (C=O) groups is 1. The first-order chi connectivity index (χ1) is 15.2. The molecule has 2 aliphatic rings. The molecule has 0 bridgehead atoms. The zero-order valence-corrected chi connectivity index (χ0v) is 18.7. The van der Waals surface area contributed by atoms with E-state index in [1.54, 1.807) is 5.51 Å². The van der Waals surface area contributed by atoms with Crippen molar-refractivity contribution in [3.63, 3.8) is 0 Å². The first kappa shape index (κ1) is 20.6. The van der Waals surface area contributed by atoms with Crippen molar-refractivity contribution in [1.29, 1.82) is 0 Å². The summed E-state index contributed by atoms with van der Waals surface area (Å²) in [6.07, 6.45) is 2.56. The molecule has 0 aliphatic carbocycles. The topological polar surface area (TPSA) is 71.5 Å². The lowest BCUT2D eigenvalue weighted by molar-refractivity contribution is 0.0952. The van der Waals surface area contributed by atoms with Gasteiger partial charge in [-0.1, -0.05) is 0 Å². The fourth-order valence-electron chi connectivity index (χ4n) is 4.47. The maximum absolute atomic E-state index is 12.5. The molecule has 0 N–H and O–H groups in total. The van der Waals surface area contributed by atoms with Crippen LogP contribution in [0.1, 0.15) is 29.8 Å². The fourth-order valence-corrected chi connectivity index (χ4v) is 5.20. The number of rotatable bonds is 5. The molecule has 7 nitrogen and oxygen atoms in total. The molecule has 1 atom stereocenters. The van der Waals surface area contributed by atoms with Crippen LogP contribution in [0, 0.1) is 5.92 Å². The van der Waals surface area contributed by atoms with Crippen LogP contribution in [0.25, 0.3) is 10.9 Å². The molecule has 2 aromatic heterocycles. The lowest BCUT2D eigenvalue weighted by atomic mass is 9.92. The van der Waals surface area contributed by atoms with E-state index < -0.39 is 0 Å². The monoisotopic (exact) mass is 457 g/mol. The number of nitrogens with zero attached hydrogens (tertiary/aromatic N) is 5. The Morgan fingerprint density at radius 3 is 2.87 bits per heavy atom. The van der Waals surface area contributed by atoms with Gasteiger partial charge in [0.05, 0.1) is 24.2 Å². The second kappa shape index (κ2) is 9.06. The zero-order chi connectivity index (χ0) is 21.2. The SMILES string of the molecule is O=C(CC1CCCN(c2nc(Cl)nc3cc(N4CCOCC4)ccc23)C1)c1cscn1. The quantitative estimate of drug-likeness (QED) is 0.422. The van der Waals surface area contributed by atoms with Crippen molar-refractivity contribution < 1.29 is 9.53 Å². The Hall–Kier alpha value is -2.29. The summed E-state index contributed by atoms with van der Waals surface area (Å²) in [6, 6.07) is 6.31. The number of ether oxygens (including phenoxy) is 1. The van der Waals surface area contributed by atoms with Gasteiger partial charge in [-0.15, -0.1) is 11.3 Å². The summed E-state index contributed by atoms with van der Waals surface area (Å²) < 4.78 is 5.46. The van der Waals surface area contributed by atoms with Gasteiger partial charge in [-0.3, -0.25) is 4.79 Å². The molecule has 31 heavy (non-hydrogen) atoms. The Bertz CT molecular complexity index is 1070. The van der Waals surface area contributed by atoms with E-state index in [2.05, 4.69) is 43.0 Å². The number of halogens is 1. The highest BCUT2D eigenvalue weighted by atomic mass is 35.5. The van der Waals surface area contributed by atoms with Crippen LogP contribution in [-0.4, -0.2) is 60.1 Å². The number of Topliss-reactive ketones (excluding diaryl/α,β-unsaturated/α-hetero) is 1. The van der Waals surface area contributed by atoms with Crippen LogP contribution >= 0.6 is 22.9 Å². The van der Waals surface area contributed by atoms with Crippen molar-refractivity contribution in [1.82, 2.24) is 15.0 Å². The van der Waals surface area contributed by atoms with Gasteiger partial charge in [0.25, 0.3) is 0 Å². The van der Waals surface area contributed by atoms with Crippen LogP contribution in [0.15, 0.2) is 29.1 Å². The lowest BCUT2D eigenvalue weighted by Gasteiger charge is -2.34. The normalized spacial score (nSPS) is 19.7. The third-order valence-corrected chi connectivity index (χ3v) is 6.78. The molecule has 9 heteroatoms. The molecule has 0 saturated carbocycles. The Kier molecular flexibility index (Phi) is 6.02. The largest absolute Gasteiger partial charge is 0.378 e. The van der Waals surface area contributed by atoms with E-state index in [9.17, 15) is 4.79 Å². The number of hydrogen-bond acceptors (Lipinski definition) is 8. The van der Waals surface area contributed by atoms with E-state index in [4.69, 9.17) is 16.3 Å². The molecule has 1 unspecified atom stereocenters. The molecule has 2 saturated heterocycles. The first-order valence-electron chi connectivity index (χ1n) is 10.6. The minimum atomic E-state index is 0.119. The fraction of sp³-hybridized carbons (Fsp3) is 0.455. The number of ketones is 1. The van der Waals surface area contributed by atoms with Crippen molar-refractivity contribution in [3.8, 4) is 0 Å². The number of aromatic nitrogens is 3. The van der Waals surface area contributed by atoms with E-state index >= 15 is 0 Å². The molecule has 5 rings (SSSR count). The molecule has 1 aromatic carbocycles. The van der Waals surface area contributed by atoms with E-state index in [1.807, 2.05) is 5.38 Å². The van der Waals surface area contributed by atoms with Gasteiger partial charge >= 0.3 is 0 Å². The second-order valence-corrected chi connectivity index (χ2v) is 9.13. The van der Waals surface area contributed by atoms with Gasteiger partial charge in [0, 0.05) is 49.1 Å². The maximum atomic E-state index is 12.5. The van der Waals surface area contributed by atoms with Crippen LogP contribution in [0.3, 0.4) is 0 Å². The maximum Gasteiger partial charge on any atom is 0.224 e. The van der Waals surface area contributed by atoms with Crippen molar-refractivity contribution in [2.75, 3.05) is 49.2 Å². The molecule has 2 fully saturated rings. The number of piperidine rings is 1. The van der Waals surface area contributed by atoms with E-state index in [1.165, 1.54) is 11.3 Å². The van der Waals surface area contributed by atoms with E-state index in [0.29, 0.717) is 12.1 Å². The number of hydrogen-bond donors (Lipinski definition) is 0. The van der Waals surface area contributed by atoms with Gasteiger partial charge in [-0.25, -0.2) is 9.97 Å². The predicted octanol–water partition coefficient (Wildman–Crippen LogP) is 4.07. The third kappa shape index (κ3) is 4.51. The lowest BCUT2D eigenvalue weighted by Crippen LogP contribution is -2.37. The molecule has 3 aromatic rings. The number of carbonyl (C=O) groups excluding carboxylic acids is 1. The third-order valence-electron chi connectivity index (χ3n) is 6.02. The predicted molar refractivity (Wildman–Crippen MR) is 124 cm³/mol. The van der Waals surface area contributed by atoms with Crippen molar-refractivity contribution in [3.05, 3.63) is 40.1 Å². The molecule has 0 radical (unpaired) electrons. The Morgan fingerprint density at radius 2 is 2.06 bits per heavy atom. The highest BCUT2D eigenvalue weighted by Crippen LogP contribution is 2.32. The number of anilines is 2. The van der Waals surface area contributed by atoms with Crippen LogP contribution < -0.4 is 9.80 Å². The van der Waals surface area contributed by atoms with Crippen LogP contribution in [0.5, 0.6) is 0 Å². The standard InChI is InChI=1S/C22H24ClN5O2S/c23-22-25-18-11-16(27-6-8-30-9-7-27)3-4-17(18)21(26-22)28-5-1-2-15(12-28)10-20(29)19-13-31-14-24-19/h3-4,11,13-15H,1-2,5-10,12H2. The Morgan fingerprint density at radius 1 is 1.19 bits per heavy atom. The van der Waals surface area contributed by atoms with Gasteiger partial charge in [-0.2, -0.15) is 4.98 Å². The second-order valence-electron chi connectivity index (χ2n) is 8.07. The smallest absolute Gasteiger partial charge is 0.224 e. The summed E-state index contributed by atoms with van der Waals surface area (Å²) in [5.41, 5.74) is 4.26. The Labute approximate surface area is 190 Å². The van der Waals surface area contributed by atoms with Crippen LogP contribution in [0.2, 0.25) is 5.28 Å². The molecule has 0 amide bonds. The van der Waals surface area contributed by atoms with E-state index in [0.717, 1.165) is 74.6 Å². The number of morpholine rings is 1. The molecule has 0 spiro atoms. The van der Waals surface area contributed by atoms with Crippen molar-refractivity contribution >= 4 is 51.1 Å². The van der Waals surface area contributed by atoms with Crippen molar-refractivity contribution in [2.24, 2.45) is 5.92 Å². The average Bonchev–Trinajstić information content (AvgIpc) is 3.34. The van der Waals surface area contributed by atoms with Gasteiger partial charge in [0.15, 0.2) is 5.78 Å². The van der Waals surface area contributed by atoms with E-state index in [-0.39, 0.29) is 17.0 Å². The molecular formula is C22H24ClN5O2S. The minimum Gasteiger partial charge on any atom is -0.378 e. The number of benzene rings is 1. The van der Waals surface area contributed by atoms with Gasteiger partial charge in [-0.05, 0) is 48.6 Å². The summed E-state index contributed by atoms with van der Waals surface area (Å²) in [4.78, 5) is 30.3. The van der Waals surface area contributed by atoms with Gasteiger partial charge in [0.1, 0.15) is 11.5 Å². The summed E-state index contributed by atoms with van der Waals surface area (Å²) in [6.45, 7) is 4.90. The molecule has 162 valence electrons. The van der Waals surface area contributed by atoms with Gasteiger partial charge < -0.3 is 14.5 Å². The summed E-state index contributed by atoms with van der Waals surface area (Å²) in [7, 11) is 0. The zero-order valence-electron chi connectivity index (χ0n) is 17.2. The van der Waals surface area contributed by atoms with Crippen molar-refractivity contribution in [2.45, 2.75) is 19.3 Å². The highest BCUT2D eigenvalue weighted by molar-refractivity contribution is 7.07. The molecule has 2 aliphatic heterocycles.